The number of alkyl halides is 1. The first-order valence-electron chi connectivity index (χ1n) is 4.30. The minimum atomic E-state index is -3.37. The molecular weight excluding hydrogens is 362 g/mol. The fourth-order valence-corrected chi connectivity index (χ4v) is 2.71. The summed E-state index contributed by atoms with van der Waals surface area (Å²) in [6.45, 7) is 1.80. The number of methoxy groups -OCH3 is 1. The summed E-state index contributed by atoms with van der Waals surface area (Å²) in [4.78, 5) is 0. The number of benzene rings is 1. The van der Waals surface area contributed by atoms with Crippen molar-refractivity contribution in [2.24, 2.45) is 0 Å². The molecule has 0 heterocycles. The fraction of sp³-hybridized carbons (Fsp3) is 0.333. The molecule has 0 bridgehead atoms. The van der Waals surface area contributed by atoms with E-state index in [1.165, 1.54) is 7.11 Å². The highest BCUT2D eigenvalue weighted by Gasteiger charge is 2.14. The van der Waals surface area contributed by atoms with Crippen molar-refractivity contribution in [1.82, 2.24) is 0 Å². The SMILES string of the molecule is COc1cc(Br)cc(C)c1NS(=O)(=O)CBr. The summed E-state index contributed by atoms with van der Waals surface area (Å²) in [7, 11) is -1.88. The van der Waals surface area contributed by atoms with Crippen LogP contribution in [-0.2, 0) is 10.0 Å². The van der Waals surface area contributed by atoms with E-state index in [1.807, 2.05) is 6.07 Å². The van der Waals surface area contributed by atoms with Crippen LogP contribution in [0.4, 0.5) is 5.69 Å². The van der Waals surface area contributed by atoms with E-state index in [0.717, 1.165) is 10.0 Å². The highest BCUT2D eigenvalue weighted by atomic mass is 79.9. The smallest absolute Gasteiger partial charge is 0.242 e. The lowest BCUT2D eigenvalue weighted by Crippen LogP contribution is -2.14. The number of rotatable bonds is 4. The molecule has 0 aliphatic heterocycles. The lowest BCUT2D eigenvalue weighted by molar-refractivity contribution is 0.416. The normalized spacial score (nSPS) is 11.2. The van der Waals surface area contributed by atoms with Crippen molar-refractivity contribution in [3.8, 4) is 5.75 Å². The van der Waals surface area contributed by atoms with Crippen LogP contribution in [0.3, 0.4) is 0 Å². The predicted molar refractivity (Wildman–Crippen MR) is 71.8 cm³/mol. The number of aryl methyl sites for hydroxylation is 1. The lowest BCUT2D eigenvalue weighted by Gasteiger charge is -2.13. The molecule has 1 aromatic rings. The van der Waals surface area contributed by atoms with Gasteiger partial charge in [0.2, 0.25) is 10.0 Å². The number of nitrogens with one attached hydrogen (secondary N) is 1. The Morgan fingerprint density at radius 3 is 2.56 bits per heavy atom. The summed E-state index contributed by atoms with van der Waals surface area (Å²) < 4.78 is 31.2. The van der Waals surface area contributed by atoms with E-state index in [2.05, 4.69) is 36.6 Å². The molecule has 0 aliphatic rings. The van der Waals surface area contributed by atoms with Gasteiger partial charge in [-0.2, -0.15) is 0 Å². The van der Waals surface area contributed by atoms with Gasteiger partial charge >= 0.3 is 0 Å². The Bertz CT molecular complexity index is 488. The third kappa shape index (κ3) is 3.36. The lowest BCUT2D eigenvalue weighted by atomic mass is 10.2. The summed E-state index contributed by atoms with van der Waals surface area (Å²) in [6.07, 6.45) is 0. The molecule has 0 atom stereocenters. The van der Waals surface area contributed by atoms with E-state index >= 15 is 0 Å². The van der Waals surface area contributed by atoms with Crippen LogP contribution >= 0.6 is 31.9 Å². The molecule has 0 radical (unpaired) electrons. The van der Waals surface area contributed by atoms with Gasteiger partial charge < -0.3 is 4.74 Å². The highest BCUT2D eigenvalue weighted by Crippen LogP contribution is 2.32. The van der Waals surface area contributed by atoms with Gasteiger partial charge in [-0.15, -0.1) is 0 Å². The van der Waals surface area contributed by atoms with E-state index in [1.54, 1.807) is 13.0 Å². The zero-order chi connectivity index (χ0) is 12.3. The van der Waals surface area contributed by atoms with Gasteiger partial charge in [-0.1, -0.05) is 31.9 Å². The van der Waals surface area contributed by atoms with Gasteiger partial charge in [-0.3, -0.25) is 4.72 Å². The molecule has 1 rings (SSSR count). The zero-order valence-electron chi connectivity index (χ0n) is 8.75. The first-order valence-corrected chi connectivity index (χ1v) is 7.87. The molecular formula is C9H11Br2NO3S. The van der Waals surface area contributed by atoms with Crippen molar-refractivity contribution in [2.45, 2.75) is 6.92 Å². The van der Waals surface area contributed by atoms with Crippen molar-refractivity contribution in [3.05, 3.63) is 22.2 Å². The summed E-state index contributed by atoms with van der Waals surface area (Å²) in [6, 6.07) is 3.52. The summed E-state index contributed by atoms with van der Waals surface area (Å²) in [5.41, 5.74) is 1.25. The minimum Gasteiger partial charge on any atom is -0.495 e. The second-order valence-corrected chi connectivity index (χ2v) is 7.07. The fourth-order valence-electron chi connectivity index (χ4n) is 1.19. The van der Waals surface area contributed by atoms with Gasteiger partial charge in [0.05, 0.1) is 12.8 Å². The van der Waals surface area contributed by atoms with Crippen LogP contribution in [-0.4, -0.2) is 20.2 Å². The number of anilines is 1. The summed E-state index contributed by atoms with van der Waals surface area (Å²) in [5.74, 6) is 0.483. The van der Waals surface area contributed by atoms with Gasteiger partial charge in [-0.05, 0) is 24.6 Å². The van der Waals surface area contributed by atoms with Crippen LogP contribution in [0.2, 0.25) is 0 Å². The Labute approximate surface area is 112 Å². The molecule has 1 N–H and O–H groups in total. The maximum absolute atomic E-state index is 11.4. The third-order valence-electron chi connectivity index (χ3n) is 1.89. The monoisotopic (exact) mass is 371 g/mol. The van der Waals surface area contributed by atoms with Crippen LogP contribution in [0.25, 0.3) is 0 Å². The minimum absolute atomic E-state index is 0.154. The second-order valence-electron chi connectivity index (χ2n) is 3.13. The van der Waals surface area contributed by atoms with Crippen LogP contribution in [0.15, 0.2) is 16.6 Å². The standard InChI is InChI=1S/C9H11Br2NO3S/c1-6-3-7(11)4-8(15-2)9(6)12-16(13,14)5-10/h3-4,12H,5H2,1-2H3. The van der Waals surface area contributed by atoms with Gasteiger partial charge in [0.1, 0.15) is 10.4 Å². The van der Waals surface area contributed by atoms with Gasteiger partial charge in [0.25, 0.3) is 0 Å². The number of hydrogen-bond acceptors (Lipinski definition) is 3. The number of ether oxygens (including phenoxy) is 1. The molecule has 4 nitrogen and oxygen atoms in total. The molecule has 0 amide bonds. The largest absolute Gasteiger partial charge is 0.495 e. The Hall–Kier alpha value is -0.270. The van der Waals surface area contributed by atoms with Gasteiger partial charge in [-0.25, -0.2) is 8.42 Å². The zero-order valence-corrected chi connectivity index (χ0v) is 12.7. The highest BCUT2D eigenvalue weighted by molar-refractivity contribution is 9.11. The first kappa shape index (κ1) is 13.8. The second kappa shape index (κ2) is 5.37. The maximum atomic E-state index is 11.4. The summed E-state index contributed by atoms with van der Waals surface area (Å²) >= 11 is 6.23. The molecule has 0 aliphatic carbocycles. The van der Waals surface area contributed by atoms with E-state index in [4.69, 9.17) is 4.74 Å². The van der Waals surface area contributed by atoms with Crippen LogP contribution in [0, 0.1) is 6.92 Å². The number of hydrogen-bond donors (Lipinski definition) is 1. The Kier molecular flexibility index (Phi) is 4.63. The van der Waals surface area contributed by atoms with Crippen molar-refractivity contribution in [1.29, 1.82) is 0 Å². The molecule has 0 aromatic heterocycles. The average molecular weight is 373 g/mol. The Balaban J connectivity index is 3.23. The van der Waals surface area contributed by atoms with Crippen LogP contribution < -0.4 is 9.46 Å². The Morgan fingerprint density at radius 1 is 1.44 bits per heavy atom. The molecule has 90 valence electrons. The third-order valence-corrected chi connectivity index (χ3v) is 4.95. The van der Waals surface area contributed by atoms with Crippen LogP contribution in [0.1, 0.15) is 5.56 Å². The first-order chi connectivity index (χ1) is 7.39. The van der Waals surface area contributed by atoms with Crippen molar-refractivity contribution >= 4 is 47.6 Å². The van der Waals surface area contributed by atoms with Gasteiger partial charge in [0, 0.05) is 4.47 Å². The molecule has 7 heteroatoms. The van der Waals surface area contributed by atoms with Crippen LogP contribution in [0.5, 0.6) is 5.75 Å². The van der Waals surface area contributed by atoms with Crippen molar-refractivity contribution < 1.29 is 13.2 Å². The topological polar surface area (TPSA) is 55.4 Å². The van der Waals surface area contributed by atoms with E-state index in [9.17, 15) is 8.42 Å². The molecule has 0 spiro atoms. The molecule has 0 saturated carbocycles. The predicted octanol–water partition coefficient (Wildman–Crippen LogP) is 2.86. The molecule has 1 aromatic carbocycles. The molecule has 0 saturated heterocycles. The van der Waals surface area contributed by atoms with E-state index < -0.39 is 10.0 Å². The number of sulfonamides is 1. The van der Waals surface area contributed by atoms with Gasteiger partial charge in [0.15, 0.2) is 0 Å². The van der Waals surface area contributed by atoms with Crippen molar-refractivity contribution in [2.75, 3.05) is 16.5 Å². The summed E-state index contributed by atoms with van der Waals surface area (Å²) in [5, 5.41) is 0. The quantitative estimate of drug-likeness (QED) is 0.826. The van der Waals surface area contributed by atoms with E-state index in [0.29, 0.717) is 11.4 Å². The maximum Gasteiger partial charge on any atom is 0.242 e. The number of halogens is 2. The molecule has 0 fully saturated rings. The molecule has 16 heavy (non-hydrogen) atoms. The van der Waals surface area contributed by atoms with Crippen molar-refractivity contribution in [3.63, 3.8) is 0 Å². The van der Waals surface area contributed by atoms with E-state index in [-0.39, 0.29) is 4.66 Å². The average Bonchev–Trinajstić information content (AvgIpc) is 2.21. The molecule has 0 unspecified atom stereocenters. The Morgan fingerprint density at radius 2 is 2.06 bits per heavy atom.